The molecule has 0 spiro atoms. The van der Waals surface area contributed by atoms with Gasteiger partial charge in [-0.25, -0.2) is 0 Å². The lowest BCUT2D eigenvalue weighted by atomic mass is 9.95. The highest BCUT2D eigenvalue weighted by Gasteiger charge is 2.16. The fourth-order valence-corrected chi connectivity index (χ4v) is 2.00. The quantitative estimate of drug-likeness (QED) is 0.650. The summed E-state index contributed by atoms with van der Waals surface area (Å²) in [5, 5.41) is 0. The van der Waals surface area contributed by atoms with E-state index in [1.54, 1.807) is 0 Å². The zero-order valence-electron chi connectivity index (χ0n) is 9.00. The van der Waals surface area contributed by atoms with Gasteiger partial charge in [0.15, 0.2) is 0 Å². The largest absolute Gasteiger partial charge is 0.318 e. The van der Waals surface area contributed by atoms with E-state index >= 15 is 0 Å². The maximum atomic E-state index is 5.53. The molecule has 0 aromatic carbocycles. The van der Waals surface area contributed by atoms with Crippen molar-refractivity contribution in [1.82, 2.24) is 9.80 Å². The number of rotatable bonds is 4. The maximum absolute atomic E-state index is 5.53. The molecule has 0 aliphatic carbocycles. The first kappa shape index (κ1) is 11.0. The van der Waals surface area contributed by atoms with Crippen LogP contribution in [-0.4, -0.2) is 50.2 Å². The summed E-state index contributed by atoms with van der Waals surface area (Å²) in [6.07, 6.45) is 4.08. The van der Waals surface area contributed by atoms with Crippen molar-refractivity contribution in [3.8, 4) is 0 Å². The summed E-state index contributed by atoms with van der Waals surface area (Å²) in [4.78, 5) is 4.63. The Morgan fingerprint density at radius 2 is 2.31 bits per heavy atom. The van der Waals surface area contributed by atoms with E-state index in [-0.39, 0.29) is 0 Å². The van der Waals surface area contributed by atoms with E-state index in [1.807, 2.05) is 0 Å². The third-order valence-electron chi connectivity index (χ3n) is 2.95. The fraction of sp³-hybridized carbons (Fsp3) is 1.00. The van der Waals surface area contributed by atoms with Gasteiger partial charge in [-0.05, 0) is 52.4 Å². The molecule has 1 unspecified atom stereocenters. The summed E-state index contributed by atoms with van der Waals surface area (Å²) in [6.45, 7) is 4.39. The molecular formula is C10H23N3. The van der Waals surface area contributed by atoms with Crippen LogP contribution < -0.4 is 5.73 Å². The van der Waals surface area contributed by atoms with Crippen molar-refractivity contribution in [2.24, 2.45) is 11.7 Å². The average Bonchev–Trinajstić information content (AvgIpc) is 2.14. The molecule has 1 fully saturated rings. The Hall–Kier alpha value is -0.120. The molecule has 0 radical (unpaired) electrons. The van der Waals surface area contributed by atoms with Gasteiger partial charge in [0.1, 0.15) is 0 Å². The van der Waals surface area contributed by atoms with E-state index in [4.69, 9.17) is 5.73 Å². The van der Waals surface area contributed by atoms with Crippen molar-refractivity contribution < 1.29 is 0 Å². The van der Waals surface area contributed by atoms with Crippen LogP contribution in [0.4, 0.5) is 0 Å². The highest BCUT2D eigenvalue weighted by molar-refractivity contribution is 4.71. The number of likely N-dealkylation sites (tertiary alicyclic amines) is 1. The van der Waals surface area contributed by atoms with Crippen molar-refractivity contribution in [1.29, 1.82) is 0 Å². The van der Waals surface area contributed by atoms with E-state index in [1.165, 1.54) is 32.4 Å². The SMILES string of the molecule is CN(CN)CCC1CCCN(C)C1. The Morgan fingerprint density at radius 1 is 1.54 bits per heavy atom. The van der Waals surface area contributed by atoms with Gasteiger partial charge in [0.25, 0.3) is 0 Å². The number of piperidine rings is 1. The Bertz CT molecular complexity index is 138. The van der Waals surface area contributed by atoms with Gasteiger partial charge in [-0.1, -0.05) is 0 Å². The van der Waals surface area contributed by atoms with Crippen molar-refractivity contribution >= 4 is 0 Å². The van der Waals surface area contributed by atoms with Crippen LogP contribution in [0.3, 0.4) is 0 Å². The molecule has 0 saturated carbocycles. The first-order valence-electron chi connectivity index (χ1n) is 5.29. The molecule has 78 valence electrons. The molecule has 3 heteroatoms. The first-order chi connectivity index (χ1) is 6.22. The minimum Gasteiger partial charge on any atom is -0.318 e. The summed E-state index contributed by atoms with van der Waals surface area (Å²) in [5.41, 5.74) is 5.53. The van der Waals surface area contributed by atoms with Crippen LogP contribution >= 0.6 is 0 Å². The Labute approximate surface area is 81.9 Å². The van der Waals surface area contributed by atoms with Gasteiger partial charge < -0.3 is 10.6 Å². The number of nitrogens with two attached hydrogens (primary N) is 1. The molecule has 0 aromatic rings. The maximum Gasteiger partial charge on any atom is 0.0452 e. The van der Waals surface area contributed by atoms with Crippen LogP contribution in [0, 0.1) is 5.92 Å². The normalized spacial score (nSPS) is 25.4. The number of hydrogen-bond acceptors (Lipinski definition) is 3. The molecule has 3 nitrogen and oxygen atoms in total. The summed E-state index contributed by atoms with van der Waals surface area (Å²) in [6, 6.07) is 0. The van der Waals surface area contributed by atoms with Gasteiger partial charge in [-0.2, -0.15) is 0 Å². The van der Waals surface area contributed by atoms with Crippen molar-refractivity contribution in [3.63, 3.8) is 0 Å². The standard InChI is InChI=1S/C10H23N3/c1-12-6-3-4-10(8-12)5-7-13(2)9-11/h10H,3-9,11H2,1-2H3. The second-order valence-electron chi connectivity index (χ2n) is 4.32. The van der Waals surface area contributed by atoms with E-state index in [0.29, 0.717) is 6.67 Å². The zero-order chi connectivity index (χ0) is 9.68. The van der Waals surface area contributed by atoms with Crippen LogP contribution in [0.5, 0.6) is 0 Å². The molecule has 0 amide bonds. The minimum atomic E-state index is 0.683. The highest BCUT2D eigenvalue weighted by atomic mass is 15.1. The molecule has 0 aromatic heterocycles. The molecule has 1 saturated heterocycles. The molecule has 1 aliphatic rings. The van der Waals surface area contributed by atoms with Crippen molar-refractivity contribution in [3.05, 3.63) is 0 Å². The molecule has 2 N–H and O–H groups in total. The monoisotopic (exact) mass is 185 g/mol. The molecule has 1 rings (SSSR count). The predicted octanol–water partition coefficient (Wildman–Crippen LogP) is 0.566. The number of nitrogens with zero attached hydrogens (tertiary/aromatic N) is 2. The first-order valence-corrected chi connectivity index (χ1v) is 5.29. The van der Waals surface area contributed by atoms with Gasteiger partial charge >= 0.3 is 0 Å². The Morgan fingerprint density at radius 3 is 2.92 bits per heavy atom. The minimum absolute atomic E-state index is 0.683. The second kappa shape index (κ2) is 5.58. The molecule has 1 aliphatic heterocycles. The third kappa shape index (κ3) is 4.07. The predicted molar refractivity (Wildman–Crippen MR) is 56.5 cm³/mol. The lowest BCUT2D eigenvalue weighted by Gasteiger charge is -2.30. The number of hydrogen-bond donors (Lipinski definition) is 1. The Kier molecular flexibility index (Phi) is 4.70. The fourth-order valence-electron chi connectivity index (χ4n) is 2.00. The van der Waals surface area contributed by atoms with Gasteiger partial charge in [-0.15, -0.1) is 0 Å². The summed E-state index contributed by atoms with van der Waals surface area (Å²) in [5.74, 6) is 0.896. The van der Waals surface area contributed by atoms with E-state index in [0.717, 1.165) is 12.5 Å². The molecule has 1 heterocycles. The van der Waals surface area contributed by atoms with Crippen LogP contribution in [-0.2, 0) is 0 Å². The molecule has 13 heavy (non-hydrogen) atoms. The van der Waals surface area contributed by atoms with Gasteiger partial charge in [0, 0.05) is 13.2 Å². The third-order valence-corrected chi connectivity index (χ3v) is 2.95. The second-order valence-corrected chi connectivity index (χ2v) is 4.32. The van der Waals surface area contributed by atoms with Crippen LogP contribution in [0.1, 0.15) is 19.3 Å². The van der Waals surface area contributed by atoms with E-state index < -0.39 is 0 Å². The van der Waals surface area contributed by atoms with Crippen molar-refractivity contribution in [2.75, 3.05) is 40.4 Å². The van der Waals surface area contributed by atoms with E-state index in [2.05, 4.69) is 23.9 Å². The average molecular weight is 185 g/mol. The molecule has 1 atom stereocenters. The van der Waals surface area contributed by atoms with Crippen LogP contribution in [0.2, 0.25) is 0 Å². The summed E-state index contributed by atoms with van der Waals surface area (Å²) < 4.78 is 0. The lowest BCUT2D eigenvalue weighted by molar-refractivity contribution is 0.186. The lowest BCUT2D eigenvalue weighted by Crippen LogP contribution is -2.35. The smallest absolute Gasteiger partial charge is 0.0452 e. The van der Waals surface area contributed by atoms with Crippen molar-refractivity contribution in [2.45, 2.75) is 19.3 Å². The Balaban J connectivity index is 2.13. The molecular weight excluding hydrogens is 162 g/mol. The molecule has 0 bridgehead atoms. The topological polar surface area (TPSA) is 32.5 Å². The summed E-state index contributed by atoms with van der Waals surface area (Å²) in [7, 11) is 4.31. The van der Waals surface area contributed by atoms with Crippen LogP contribution in [0.15, 0.2) is 0 Å². The highest BCUT2D eigenvalue weighted by Crippen LogP contribution is 2.18. The van der Waals surface area contributed by atoms with Gasteiger partial charge in [0.05, 0.1) is 0 Å². The van der Waals surface area contributed by atoms with Gasteiger partial charge in [0.2, 0.25) is 0 Å². The summed E-state index contributed by atoms with van der Waals surface area (Å²) >= 11 is 0. The zero-order valence-corrected chi connectivity index (χ0v) is 9.00. The van der Waals surface area contributed by atoms with Gasteiger partial charge in [-0.3, -0.25) is 4.90 Å². The van der Waals surface area contributed by atoms with E-state index in [9.17, 15) is 0 Å². The van der Waals surface area contributed by atoms with Crippen LogP contribution in [0.25, 0.3) is 0 Å².